The molecule has 0 amide bonds. The van der Waals surface area contributed by atoms with E-state index in [0.717, 1.165) is 6.08 Å². The zero-order valence-electron chi connectivity index (χ0n) is 13.0. The second-order valence-electron chi connectivity index (χ2n) is 6.44. The van der Waals surface area contributed by atoms with Crippen molar-refractivity contribution < 1.29 is 57.8 Å². The molecule has 2 aliphatic carbocycles. The van der Waals surface area contributed by atoms with Crippen molar-refractivity contribution in [2.24, 2.45) is 17.3 Å². The predicted octanol–water partition coefficient (Wildman–Crippen LogP) is 4.85. The Morgan fingerprint density at radius 1 is 1.04 bits per heavy atom. The predicted molar refractivity (Wildman–Crippen MR) is 65.6 cm³/mol. The Morgan fingerprint density at radius 2 is 1.59 bits per heavy atom. The molecule has 0 aromatic rings. The van der Waals surface area contributed by atoms with Gasteiger partial charge in [-0.3, -0.25) is 4.79 Å². The van der Waals surface area contributed by atoms with Crippen LogP contribution < -0.4 is 0 Å². The van der Waals surface area contributed by atoms with Crippen LogP contribution in [0.3, 0.4) is 0 Å². The highest BCUT2D eigenvalue weighted by Gasteiger charge is 2.76. The number of carbonyl (C=O) groups is 1. The fourth-order valence-corrected chi connectivity index (χ4v) is 3.29. The molecule has 0 aromatic heterocycles. The molecular formula is C14H11F11O2. The van der Waals surface area contributed by atoms with Crippen molar-refractivity contribution in [1.29, 1.82) is 0 Å². The van der Waals surface area contributed by atoms with E-state index >= 15 is 0 Å². The van der Waals surface area contributed by atoms with E-state index in [4.69, 9.17) is 0 Å². The summed E-state index contributed by atoms with van der Waals surface area (Å²) < 4.78 is 146. The van der Waals surface area contributed by atoms with Gasteiger partial charge in [-0.15, -0.1) is 0 Å². The van der Waals surface area contributed by atoms with Gasteiger partial charge in [0.05, 0.1) is 0 Å². The summed E-state index contributed by atoms with van der Waals surface area (Å²) in [6.45, 7) is -2.92. The van der Waals surface area contributed by atoms with Gasteiger partial charge in [-0.2, -0.15) is 39.5 Å². The van der Waals surface area contributed by atoms with Crippen LogP contribution >= 0.6 is 0 Å². The van der Waals surface area contributed by atoms with Gasteiger partial charge >= 0.3 is 36.3 Å². The van der Waals surface area contributed by atoms with E-state index < -0.39 is 66.6 Å². The molecule has 156 valence electrons. The van der Waals surface area contributed by atoms with E-state index in [0.29, 0.717) is 0 Å². The first-order chi connectivity index (χ1) is 12.0. The molecule has 1 saturated carbocycles. The molecular weight excluding hydrogens is 409 g/mol. The number of alkyl halides is 11. The van der Waals surface area contributed by atoms with Crippen molar-refractivity contribution in [1.82, 2.24) is 0 Å². The number of rotatable bonds is 6. The summed E-state index contributed by atoms with van der Waals surface area (Å²) >= 11 is 0. The molecule has 1 fully saturated rings. The largest absolute Gasteiger partial charge is 0.458 e. The van der Waals surface area contributed by atoms with E-state index in [9.17, 15) is 53.1 Å². The quantitative estimate of drug-likeness (QED) is 0.349. The van der Waals surface area contributed by atoms with Crippen LogP contribution in [0.5, 0.6) is 0 Å². The number of ether oxygens (including phenoxy) is 1. The summed E-state index contributed by atoms with van der Waals surface area (Å²) in [6.07, 6.45) is -9.17. The first-order valence-corrected chi connectivity index (χ1v) is 7.34. The third-order valence-corrected chi connectivity index (χ3v) is 4.80. The molecule has 0 radical (unpaired) electrons. The van der Waals surface area contributed by atoms with Crippen LogP contribution in [0.2, 0.25) is 0 Å². The molecule has 3 atom stereocenters. The molecule has 13 heteroatoms. The molecule has 2 nitrogen and oxygen atoms in total. The Labute approximate surface area is 144 Å². The lowest BCUT2D eigenvalue weighted by atomic mass is 9.75. The van der Waals surface area contributed by atoms with Crippen molar-refractivity contribution in [3.8, 4) is 0 Å². The second-order valence-corrected chi connectivity index (χ2v) is 6.44. The summed E-state index contributed by atoms with van der Waals surface area (Å²) in [5.41, 5.74) is -3.29. The average molecular weight is 420 g/mol. The zero-order chi connectivity index (χ0) is 21.1. The summed E-state index contributed by atoms with van der Waals surface area (Å²) in [4.78, 5) is 11.9. The smallest absolute Gasteiger partial charge is 0.405 e. The molecule has 2 aliphatic rings. The normalized spacial score (nSPS) is 28.9. The Hall–Kier alpha value is -1.56. The first-order valence-electron chi connectivity index (χ1n) is 7.34. The maximum atomic E-state index is 13.4. The molecule has 0 heterocycles. The average Bonchev–Trinajstić information content (AvgIpc) is 3.12. The maximum absolute atomic E-state index is 13.4. The minimum absolute atomic E-state index is 0.162. The van der Waals surface area contributed by atoms with E-state index in [1.54, 1.807) is 0 Å². The highest BCUT2D eigenvalue weighted by atomic mass is 19.4. The van der Waals surface area contributed by atoms with Gasteiger partial charge in [0, 0.05) is 5.92 Å². The SMILES string of the molecule is O=C(OCC(F)(F)C(F)(F)C(F)(F)C(F)F)C1(C(F)(F)F)CC2C=CC1C2. The number of esters is 1. The molecule has 0 N–H and O–H groups in total. The van der Waals surface area contributed by atoms with Crippen molar-refractivity contribution >= 4 is 5.97 Å². The monoisotopic (exact) mass is 420 g/mol. The maximum Gasteiger partial charge on any atom is 0.405 e. The van der Waals surface area contributed by atoms with Gasteiger partial charge in [0.15, 0.2) is 12.0 Å². The summed E-state index contributed by atoms with van der Waals surface area (Å²) in [5.74, 6) is -23.8. The third kappa shape index (κ3) is 3.06. The van der Waals surface area contributed by atoms with Crippen LogP contribution in [0.4, 0.5) is 48.3 Å². The Kier molecular flexibility index (Phi) is 5.01. The Morgan fingerprint density at radius 3 is 1.96 bits per heavy atom. The highest BCUT2D eigenvalue weighted by Crippen LogP contribution is 2.60. The number of carbonyl (C=O) groups excluding carboxylic acids is 1. The lowest BCUT2D eigenvalue weighted by Crippen LogP contribution is -2.60. The van der Waals surface area contributed by atoms with Gasteiger partial charge in [-0.25, -0.2) is 8.78 Å². The summed E-state index contributed by atoms with van der Waals surface area (Å²) in [7, 11) is 0. The lowest BCUT2D eigenvalue weighted by Gasteiger charge is -2.36. The van der Waals surface area contributed by atoms with Crippen molar-refractivity contribution in [3.05, 3.63) is 12.2 Å². The summed E-state index contributed by atoms with van der Waals surface area (Å²) in [6, 6.07) is 0. The van der Waals surface area contributed by atoms with Crippen LogP contribution in [0.1, 0.15) is 12.8 Å². The van der Waals surface area contributed by atoms with Crippen LogP contribution in [0, 0.1) is 17.3 Å². The van der Waals surface area contributed by atoms with Crippen LogP contribution in [-0.4, -0.2) is 42.9 Å². The van der Waals surface area contributed by atoms with Gasteiger partial charge < -0.3 is 4.74 Å². The number of hydrogen-bond donors (Lipinski definition) is 0. The molecule has 0 aromatic carbocycles. The van der Waals surface area contributed by atoms with E-state index in [-0.39, 0.29) is 6.42 Å². The number of hydrogen-bond acceptors (Lipinski definition) is 2. The van der Waals surface area contributed by atoms with Gasteiger partial charge in [0.2, 0.25) is 0 Å². The fourth-order valence-electron chi connectivity index (χ4n) is 3.29. The topological polar surface area (TPSA) is 26.3 Å². The molecule has 27 heavy (non-hydrogen) atoms. The lowest BCUT2D eigenvalue weighted by molar-refractivity contribution is -0.345. The zero-order valence-corrected chi connectivity index (χ0v) is 13.0. The van der Waals surface area contributed by atoms with Gasteiger partial charge in [0.25, 0.3) is 0 Å². The summed E-state index contributed by atoms with van der Waals surface area (Å²) in [5, 5.41) is 0. The minimum Gasteiger partial charge on any atom is -0.458 e. The van der Waals surface area contributed by atoms with E-state index in [1.807, 2.05) is 0 Å². The standard InChI is InChI=1S/C14H11F11O2/c15-8(16)12(19,20)13(21,22)11(17,18)5-27-9(26)10(14(23,24)25)4-6-1-2-7(10)3-6/h1-2,6-8H,3-5H2. The molecule has 3 unspecified atom stereocenters. The van der Waals surface area contributed by atoms with Gasteiger partial charge in [0.1, 0.15) is 0 Å². The van der Waals surface area contributed by atoms with Gasteiger partial charge in [-0.05, 0) is 18.8 Å². The third-order valence-electron chi connectivity index (χ3n) is 4.80. The van der Waals surface area contributed by atoms with Crippen molar-refractivity contribution in [2.75, 3.05) is 6.61 Å². The molecule has 2 rings (SSSR count). The molecule has 0 aliphatic heterocycles. The Bertz CT molecular complexity index is 625. The Balaban J connectivity index is 2.22. The van der Waals surface area contributed by atoms with E-state index in [2.05, 4.69) is 4.74 Å². The molecule has 2 bridgehead atoms. The van der Waals surface area contributed by atoms with Gasteiger partial charge in [-0.1, -0.05) is 12.2 Å². The van der Waals surface area contributed by atoms with Crippen molar-refractivity contribution in [3.63, 3.8) is 0 Å². The molecule has 0 saturated heterocycles. The van der Waals surface area contributed by atoms with Crippen molar-refractivity contribution in [2.45, 2.75) is 43.2 Å². The number of halogens is 11. The second kappa shape index (κ2) is 6.23. The minimum atomic E-state index is -6.67. The molecule has 0 spiro atoms. The number of allylic oxidation sites excluding steroid dienone is 2. The van der Waals surface area contributed by atoms with E-state index in [1.165, 1.54) is 6.08 Å². The number of fused-ring (bicyclic) bond motifs is 2. The van der Waals surface area contributed by atoms with Crippen LogP contribution in [0.15, 0.2) is 12.2 Å². The first kappa shape index (κ1) is 21.7. The highest BCUT2D eigenvalue weighted by molar-refractivity contribution is 5.80. The fraction of sp³-hybridized carbons (Fsp3) is 0.786. The van der Waals surface area contributed by atoms with Crippen LogP contribution in [-0.2, 0) is 9.53 Å². The van der Waals surface area contributed by atoms with Crippen LogP contribution in [0.25, 0.3) is 0 Å².